The van der Waals surface area contributed by atoms with Crippen molar-refractivity contribution in [2.45, 2.75) is 51.4 Å². The number of fused-ring (bicyclic) bond motifs is 1. The van der Waals surface area contributed by atoms with Crippen LogP contribution in [0.3, 0.4) is 0 Å². The molecule has 1 aliphatic carbocycles. The van der Waals surface area contributed by atoms with Gasteiger partial charge in [0.15, 0.2) is 11.6 Å². The Kier molecular flexibility index (Phi) is 5.95. The third-order valence-corrected chi connectivity index (χ3v) is 6.15. The summed E-state index contributed by atoms with van der Waals surface area (Å²) in [6.07, 6.45) is 7.98. The van der Waals surface area contributed by atoms with Gasteiger partial charge in [-0.3, -0.25) is 0 Å². The first-order chi connectivity index (χ1) is 14.1. The highest BCUT2D eigenvalue weighted by molar-refractivity contribution is 5.84. The van der Waals surface area contributed by atoms with Gasteiger partial charge in [0.25, 0.3) is 0 Å². The van der Waals surface area contributed by atoms with Crippen LogP contribution in [0.1, 0.15) is 68.1 Å². The highest BCUT2D eigenvalue weighted by Gasteiger charge is 2.21. The molecule has 0 nitrogen and oxygen atoms in total. The van der Waals surface area contributed by atoms with Crippen LogP contribution in [-0.4, -0.2) is 0 Å². The Bertz CT molecular complexity index is 1060. The SMILES string of the molecule is CCCC1CCC(c2ccc3cc(C#Cc4ccc(F)c(F)c4)ccc3c2)CC1. The van der Waals surface area contributed by atoms with Crippen molar-refractivity contribution in [1.82, 2.24) is 0 Å². The van der Waals surface area contributed by atoms with E-state index in [9.17, 15) is 8.78 Å². The predicted octanol–water partition coefficient (Wildman–Crippen LogP) is 7.59. The quantitative estimate of drug-likeness (QED) is 0.405. The van der Waals surface area contributed by atoms with Gasteiger partial charge in [-0.15, -0.1) is 0 Å². The minimum Gasteiger partial charge on any atom is -0.204 e. The Morgan fingerprint density at radius 1 is 0.759 bits per heavy atom. The second-order valence-electron chi connectivity index (χ2n) is 8.21. The van der Waals surface area contributed by atoms with Crippen molar-refractivity contribution in [1.29, 1.82) is 0 Å². The maximum Gasteiger partial charge on any atom is 0.160 e. The smallest absolute Gasteiger partial charge is 0.160 e. The standard InChI is InChI=1S/C27H26F2/c1-2-3-19-6-10-22(11-7-19)24-14-13-23-16-20(8-12-25(23)18-24)4-5-21-9-15-26(28)27(29)17-21/h8-9,12-19,22H,2-3,6-7,10-11H2,1H3. The maximum absolute atomic E-state index is 13.3. The first kappa shape index (κ1) is 19.6. The van der Waals surface area contributed by atoms with Crippen LogP contribution < -0.4 is 0 Å². The molecule has 29 heavy (non-hydrogen) atoms. The molecule has 4 rings (SSSR count). The number of benzene rings is 3. The van der Waals surface area contributed by atoms with Crippen LogP contribution in [-0.2, 0) is 0 Å². The van der Waals surface area contributed by atoms with Gasteiger partial charge in [-0.25, -0.2) is 8.78 Å². The molecule has 0 spiro atoms. The third-order valence-electron chi connectivity index (χ3n) is 6.15. The van der Waals surface area contributed by atoms with E-state index in [1.165, 1.54) is 55.5 Å². The van der Waals surface area contributed by atoms with Crippen LogP contribution in [0.4, 0.5) is 8.78 Å². The van der Waals surface area contributed by atoms with E-state index < -0.39 is 11.6 Å². The topological polar surface area (TPSA) is 0 Å². The molecule has 0 heterocycles. The number of hydrogen-bond acceptors (Lipinski definition) is 0. The molecule has 0 unspecified atom stereocenters. The van der Waals surface area contributed by atoms with Crippen LogP contribution in [0.25, 0.3) is 10.8 Å². The highest BCUT2D eigenvalue weighted by Crippen LogP contribution is 2.38. The minimum atomic E-state index is -0.869. The van der Waals surface area contributed by atoms with Crippen LogP contribution >= 0.6 is 0 Å². The zero-order chi connectivity index (χ0) is 20.2. The molecule has 0 saturated heterocycles. The summed E-state index contributed by atoms with van der Waals surface area (Å²) in [5.74, 6) is 5.85. The summed E-state index contributed by atoms with van der Waals surface area (Å²) in [6, 6.07) is 16.7. The summed E-state index contributed by atoms with van der Waals surface area (Å²) < 4.78 is 26.4. The fourth-order valence-corrected chi connectivity index (χ4v) is 4.51. The molecule has 0 aromatic heterocycles. The van der Waals surface area contributed by atoms with Crippen LogP contribution in [0, 0.1) is 29.4 Å². The molecule has 3 aromatic rings. The Balaban J connectivity index is 1.50. The second kappa shape index (κ2) is 8.78. The largest absolute Gasteiger partial charge is 0.204 e. The molecule has 148 valence electrons. The van der Waals surface area contributed by atoms with E-state index in [1.807, 2.05) is 6.07 Å². The molecule has 0 atom stereocenters. The summed E-state index contributed by atoms with van der Waals surface area (Å²) >= 11 is 0. The molecule has 0 N–H and O–H groups in total. The van der Waals surface area contributed by atoms with Crippen molar-refractivity contribution in [3.05, 3.63) is 82.9 Å². The highest BCUT2D eigenvalue weighted by atomic mass is 19.2. The molecule has 0 bridgehead atoms. The summed E-state index contributed by atoms with van der Waals surface area (Å²) in [5, 5.41) is 2.39. The molecule has 1 aliphatic rings. The monoisotopic (exact) mass is 388 g/mol. The van der Waals surface area contributed by atoms with Crippen molar-refractivity contribution in [2.24, 2.45) is 5.92 Å². The molecule has 2 heteroatoms. The average molecular weight is 389 g/mol. The fourth-order valence-electron chi connectivity index (χ4n) is 4.51. The van der Waals surface area contributed by atoms with Crippen molar-refractivity contribution >= 4 is 10.8 Å². The summed E-state index contributed by atoms with van der Waals surface area (Å²) in [5.41, 5.74) is 2.79. The molecule has 1 saturated carbocycles. The van der Waals surface area contributed by atoms with Crippen LogP contribution in [0.15, 0.2) is 54.6 Å². The van der Waals surface area contributed by atoms with Crippen molar-refractivity contribution < 1.29 is 8.78 Å². The number of hydrogen-bond donors (Lipinski definition) is 0. The average Bonchev–Trinajstić information content (AvgIpc) is 2.75. The van der Waals surface area contributed by atoms with E-state index in [0.717, 1.165) is 29.0 Å². The fraction of sp³-hybridized carbons (Fsp3) is 0.333. The van der Waals surface area contributed by atoms with Crippen molar-refractivity contribution in [3.8, 4) is 11.8 Å². The summed E-state index contributed by atoms with van der Waals surface area (Å²) in [6.45, 7) is 2.28. The lowest BCUT2D eigenvalue weighted by molar-refractivity contribution is 0.308. The molecular formula is C27H26F2. The summed E-state index contributed by atoms with van der Waals surface area (Å²) in [4.78, 5) is 0. The van der Waals surface area contributed by atoms with Gasteiger partial charge in [-0.05, 0) is 84.2 Å². The molecule has 0 radical (unpaired) electrons. The van der Waals surface area contributed by atoms with Gasteiger partial charge in [-0.1, -0.05) is 55.9 Å². The summed E-state index contributed by atoms with van der Waals surface area (Å²) in [7, 11) is 0. The zero-order valence-corrected chi connectivity index (χ0v) is 16.8. The predicted molar refractivity (Wildman–Crippen MR) is 116 cm³/mol. The molecule has 0 aliphatic heterocycles. The lowest BCUT2D eigenvalue weighted by Crippen LogP contribution is -2.13. The van der Waals surface area contributed by atoms with E-state index in [1.54, 1.807) is 0 Å². The van der Waals surface area contributed by atoms with E-state index >= 15 is 0 Å². The van der Waals surface area contributed by atoms with E-state index in [4.69, 9.17) is 0 Å². The van der Waals surface area contributed by atoms with Crippen molar-refractivity contribution in [2.75, 3.05) is 0 Å². The lowest BCUT2D eigenvalue weighted by Gasteiger charge is -2.28. The van der Waals surface area contributed by atoms with Gasteiger partial charge in [0.2, 0.25) is 0 Å². The van der Waals surface area contributed by atoms with E-state index in [-0.39, 0.29) is 0 Å². The van der Waals surface area contributed by atoms with Gasteiger partial charge in [-0.2, -0.15) is 0 Å². The van der Waals surface area contributed by atoms with Gasteiger partial charge >= 0.3 is 0 Å². The maximum atomic E-state index is 13.3. The third kappa shape index (κ3) is 4.67. The van der Waals surface area contributed by atoms with E-state index in [0.29, 0.717) is 11.5 Å². The molecule has 3 aromatic carbocycles. The van der Waals surface area contributed by atoms with Crippen LogP contribution in [0.2, 0.25) is 0 Å². The minimum absolute atomic E-state index is 0.470. The molecule has 0 amide bonds. The Morgan fingerprint density at radius 3 is 2.14 bits per heavy atom. The molecule has 1 fully saturated rings. The lowest BCUT2D eigenvalue weighted by atomic mass is 9.77. The van der Waals surface area contributed by atoms with Crippen molar-refractivity contribution in [3.63, 3.8) is 0 Å². The van der Waals surface area contributed by atoms with Gasteiger partial charge < -0.3 is 0 Å². The van der Waals surface area contributed by atoms with E-state index in [2.05, 4.69) is 49.1 Å². The first-order valence-corrected chi connectivity index (χ1v) is 10.6. The number of halogens is 2. The Labute approximate surface area is 172 Å². The molecular weight excluding hydrogens is 362 g/mol. The van der Waals surface area contributed by atoms with Crippen LogP contribution in [0.5, 0.6) is 0 Å². The zero-order valence-electron chi connectivity index (χ0n) is 16.8. The van der Waals surface area contributed by atoms with Gasteiger partial charge in [0.1, 0.15) is 0 Å². The number of rotatable bonds is 3. The van der Waals surface area contributed by atoms with Gasteiger partial charge in [0.05, 0.1) is 0 Å². The normalized spacial score (nSPS) is 19.0. The Hall–Kier alpha value is -2.66. The first-order valence-electron chi connectivity index (χ1n) is 10.6. The second-order valence-corrected chi connectivity index (χ2v) is 8.21. The Morgan fingerprint density at radius 2 is 1.41 bits per heavy atom. The van der Waals surface area contributed by atoms with Gasteiger partial charge in [0, 0.05) is 11.1 Å².